The van der Waals surface area contributed by atoms with Crippen LogP contribution in [0.4, 0.5) is 0 Å². The molecule has 1 N–H and O–H groups in total. The molecule has 19 heavy (non-hydrogen) atoms. The van der Waals surface area contributed by atoms with Gasteiger partial charge in [-0.2, -0.15) is 11.8 Å². The minimum absolute atomic E-state index is 0.0346. The number of ether oxygens (including phenoxy) is 1. The summed E-state index contributed by atoms with van der Waals surface area (Å²) in [6.45, 7) is 1.62. The number of benzene rings is 1. The van der Waals surface area contributed by atoms with Crippen LogP contribution in [0, 0.1) is 0 Å². The van der Waals surface area contributed by atoms with Gasteiger partial charge in [0.2, 0.25) is 5.91 Å². The lowest BCUT2D eigenvalue weighted by molar-refractivity contribution is -0.125. The number of hydrogen-bond donors (Lipinski definition) is 1. The molecule has 2 rings (SSSR count). The fourth-order valence-electron chi connectivity index (χ4n) is 1.85. The number of hydrogen-bond acceptors (Lipinski definition) is 4. The Morgan fingerprint density at radius 2 is 2.16 bits per heavy atom. The summed E-state index contributed by atoms with van der Waals surface area (Å²) >= 11 is 1.87. The number of phenols is 1. The molecule has 1 heterocycles. The van der Waals surface area contributed by atoms with Gasteiger partial charge in [-0.1, -0.05) is 6.07 Å². The summed E-state index contributed by atoms with van der Waals surface area (Å²) in [6, 6.07) is 5.00. The molecular formula is C14H17NO3S. The van der Waals surface area contributed by atoms with Crippen LogP contribution in [-0.4, -0.2) is 47.6 Å². The monoisotopic (exact) mass is 279 g/mol. The lowest BCUT2D eigenvalue weighted by Crippen LogP contribution is -2.36. The molecule has 0 aromatic heterocycles. The van der Waals surface area contributed by atoms with Crippen molar-refractivity contribution in [3.63, 3.8) is 0 Å². The highest BCUT2D eigenvalue weighted by Crippen LogP contribution is 2.26. The molecule has 1 aliphatic heterocycles. The molecule has 4 nitrogen and oxygen atoms in total. The third-order valence-electron chi connectivity index (χ3n) is 2.94. The summed E-state index contributed by atoms with van der Waals surface area (Å²) in [6.07, 6.45) is 3.31. The van der Waals surface area contributed by atoms with E-state index in [1.54, 1.807) is 30.4 Å². The second-order valence-corrected chi connectivity index (χ2v) is 5.43. The van der Waals surface area contributed by atoms with Crippen LogP contribution >= 0.6 is 11.8 Å². The Morgan fingerprint density at radius 1 is 1.42 bits per heavy atom. The summed E-state index contributed by atoms with van der Waals surface area (Å²) in [5.41, 5.74) is 0.828. The van der Waals surface area contributed by atoms with Crippen LogP contribution in [0.5, 0.6) is 11.5 Å². The van der Waals surface area contributed by atoms with Crippen LogP contribution < -0.4 is 4.74 Å². The maximum atomic E-state index is 11.9. The Labute approximate surface area is 117 Å². The van der Waals surface area contributed by atoms with Gasteiger partial charge in [-0.25, -0.2) is 0 Å². The largest absolute Gasteiger partial charge is 0.504 e. The number of phenolic OH excluding ortho intramolecular Hbond substituents is 1. The van der Waals surface area contributed by atoms with Crippen molar-refractivity contribution in [1.82, 2.24) is 4.90 Å². The molecule has 102 valence electrons. The lowest BCUT2D eigenvalue weighted by atomic mass is 10.2. The predicted octanol–water partition coefficient (Wildman–Crippen LogP) is 1.99. The minimum Gasteiger partial charge on any atom is -0.504 e. The lowest BCUT2D eigenvalue weighted by Gasteiger charge is -2.25. The van der Waals surface area contributed by atoms with Gasteiger partial charge in [-0.3, -0.25) is 4.79 Å². The van der Waals surface area contributed by atoms with Gasteiger partial charge >= 0.3 is 0 Å². The van der Waals surface area contributed by atoms with E-state index >= 15 is 0 Å². The number of amides is 1. The highest BCUT2D eigenvalue weighted by molar-refractivity contribution is 7.99. The van der Waals surface area contributed by atoms with E-state index in [0.717, 1.165) is 30.2 Å². The molecule has 0 atom stereocenters. The minimum atomic E-state index is 0.0346. The highest BCUT2D eigenvalue weighted by atomic mass is 32.2. The normalized spacial score (nSPS) is 15.7. The number of thioether (sulfide) groups is 1. The molecule has 1 saturated heterocycles. The van der Waals surface area contributed by atoms with E-state index in [0.29, 0.717) is 5.75 Å². The number of nitrogens with zero attached hydrogens (tertiary/aromatic N) is 1. The zero-order valence-corrected chi connectivity index (χ0v) is 11.7. The third-order valence-corrected chi connectivity index (χ3v) is 3.89. The van der Waals surface area contributed by atoms with E-state index in [2.05, 4.69) is 0 Å². The number of carbonyl (C=O) groups excluding carboxylic acids is 1. The van der Waals surface area contributed by atoms with Crippen molar-refractivity contribution < 1.29 is 14.6 Å². The van der Waals surface area contributed by atoms with Crippen LogP contribution in [0.2, 0.25) is 0 Å². The Kier molecular flexibility index (Phi) is 4.74. The van der Waals surface area contributed by atoms with E-state index in [4.69, 9.17) is 4.74 Å². The van der Waals surface area contributed by atoms with Crippen molar-refractivity contribution in [3.8, 4) is 11.5 Å². The molecular weight excluding hydrogens is 262 g/mol. The van der Waals surface area contributed by atoms with Crippen LogP contribution in [0.3, 0.4) is 0 Å². The number of methoxy groups -OCH3 is 1. The van der Waals surface area contributed by atoms with Gasteiger partial charge in [-0.15, -0.1) is 0 Å². The van der Waals surface area contributed by atoms with Crippen molar-refractivity contribution in [2.24, 2.45) is 0 Å². The van der Waals surface area contributed by atoms with Crippen molar-refractivity contribution in [3.05, 3.63) is 29.8 Å². The van der Waals surface area contributed by atoms with Gasteiger partial charge in [0.05, 0.1) is 7.11 Å². The van der Waals surface area contributed by atoms with Gasteiger partial charge in [0.25, 0.3) is 0 Å². The highest BCUT2D eigenvalue weighted by Gasteiger charge is 2.13. The smallest absolute Gasteiger partial charge is 0.246 e. The summed E-state index contributed by atoms with van der Waals surface area (Å²) in [4.78, 5) is 13.8. The Morgan fingerprint density at radius 3 is 2.84 bits per heavy atom. The fraction of sp³-hybridized carbons (Fsp3) is 0.357. The first-order valence-electron chi connectivity index (χ1n) is 6.12. The zero-order chi connectivity index (χ0) is 13.7. The van der Waals surface area contributed by atoms with Crippen molar-refractivity contribution >= 4 is 23.7 Å². The van der Waals surface area contributed by atoms with E-state index in [1.807, 2.05) is 16.7 Å². The first-order valence-corrected chi connectivity index (χ1v) is 7.28. The predicted molar refractivity (Wildman–Crippen MR) is 77.6 cm³/mol. The van der Waals surface area contributed by atoms with Crippen molar-refractivity contribution in [2.45, 2.75) is 0 Å². The van der Waals surface area contributed by atoms with Gasteiger partial charge < -0.3 is 14.7 Å². The topological polar surface area (TPSA) is 49.8 Å². The van der Waals surface area contributed by atoms with Crippen LogP contribution in [0.25, 0.3) is 6.08 Å². The first-order chi connectivity index (χ1) is 9.20. The fourth-order valence-corrected chi connectivity index (χ4v) is 2.76. The number of carbonyl (C=O) groups is 1. The van der Waals surface area contributed by atoms with Gasteiger partial charge in [-0.05, 0) is 23.8 Å². The molecule has 0 unspecified atom stereocenters. The molecule has 1 amide bonds. The third kappa shape index (κ3) is 3.67. The van der Waals surface area contributed by atoms with Gasteiger partial charge in [0.1, 0.15) is 0 Å². The summed E-state index contributed by atoms with van der Waals surface area (Å²) in [5.74, 6) is 2.55. The quantitative estimate of drug-likeness (QED) is 0.860. The molecule has 1 fully saturated rings. The van der Waals surface area contributed by atoms with E-state index in [1.165, 1.54) is 7.11 Å². The molecule has 1 aromatic rings. The number of rotatable bonds is 3. The Balaban J connectivity index is 2.03. The SMILES string of the molecule is COc1cc(/C=C/C(=O)N2CCSCC2)ccc1O. The summed E-state index contributed by atoms with van der Waals surface area (Å²) in [5, 5.41) is 9.49. The zero-order valence-electron chi connectivity index (χ0n) is 10.8. The van der Waals surface area contributed by atoms with Crippen LogP contribution in [0.15, 0.2) is 24.3 Å². The first kappa shape index (κ1) is 13.8. The van der Waals surface area contributed by atoms with E-state index in [-0.39, 0.29) is 11.7 Å². The maximum absolute atomic E-state index is 11.9. The second kappa shape index (κ2) is 6.52. The molecule has 0 saturated carbocycles. The van der Waals surface area contributed by atoms with Gasteiger partial charge in [0.15, 0.2) is 11.5 Å². The average molecular weight is 279 g/mol. The molecule has 5 heteroatoms. The molecule has 1 aromatic carbocycles. The molecule has 1 aliphatic rings. The van der Waals surface area contributed by atoms with E-state index < -0.39 is 0 Å². The van der Waals surface area contributed by atoms with Gasteiger partial charge in [0, 0.05) is 30.7 Å². The molecule has 0 aliphatic carbocycles. The average Bonchev–Trinajstić information content (AvgIpc) is 2.47. The Bertz CT molecular complexity index is 482. The molecule has 0 bridgehead atoms. The standard InChI is InChI=1S/C14H17NO3S/c1-18-13-10-11(2-4-12(13)16)3-5-14(17)15-6-8-19-9-7-15/h2-5,10,16H,6-9H2,1H3/b5-3+. The maximum Gasteiger partial charge on any atom is 0.246 e. The summed E-state index contributed by atoms with van der Waals surface area (Å²) < 4.78 is 5.03. The van der Waals surface area contributed by atoms with Crippen LogP contribution in [0.1, 0.15) is 5.56 Å². The molecule has 0 spiro atoms. The molecule has 0 radical (unpaired) electrons. The van der Waals surface area contributed by atoms with E-state index in [9.17, 15) is 9.90 Å². The van der Waals surface area contributed by atoms with Crippen LogP contribution in [-0.2, 0) is 4.79 Å². The van der Waals surface area contributed by atoms with Crippen molar-refractivity contribution in [1.29, 1.82) is 0 Å². The second-order valence-electron chi connectivity index (χ2n) is 4.20. The number of aromatic hydroxyl groups is 1. The van der Waals surface area contributed by atoms with Crippen molar-refractivity contribution in [2.75, 3.05) is 31.7 Å². The summed E-state index contributed by atoms with van der Waals surface area (Å²) in [7, 11) is 1.50. The Hall–Kier alpha value is -1.62.